The molecule has 3 aromatic rings. The Morgan fingerprint density at radius 1 is 0.619 bits per heavy atom. The normalized spacial score (nSPS) is 10.1. The third-order valence-corrected chi connectivity index (χ3v) is 3.03. The third-order valence-electron chi connectivity index (χ3n) is 3.03. The van der Waals surface area contributed by atoms with E-state index < -0.39 is 0 Å². The maximum absolute atomic E-state index is 5.76. The topological polar surface area (TPSA) is 47.3 Å². The number of nitrogen functional groups attached to an aromatic ring is 1. The van der Waals surface area contributed by atoms with E-state index in [2.05, 4.69) is 5.32 Å². The number of benzene rings is 3. The Balaban J connectivity index is 1.68. The number of rotatable bonds is 4. The molecule has 0 aliphatic heterocycles. The first-order valence-corrected chi connectivity index (χ1v) is 6.75. The molecular formula is C18H16N2O. The lowest BCUT2D eigenvalue weighted by atomic mass is 10.2. The van der Waals surface area contributed by atoms with Gasteiger partial charge in [0, 0.05) is 17.1 Å². The number of ether oxygens (including phenoxy) is 1. The van der Waals surface area contributed by atoms with Crippen LogP contribution in [0.4, 0.5) is 17.1 Å². The Kier molecular flexibility index (Phi) is 3.74. The maximum atomic E-state index is 5.76. The summed E-state index contributed by atoms with van der Waals surface area (Å²) in [5.41, 5.74) is 8.46. The molecule has 3 aromatic carbocycles. The van der Waals surface area contributed by atoms with E-state index in [4.69, 9.17) is 10.5 Å². The van der Waals surface area contributed by atoms with Crippen molar-refractivity contribution >= 4 is 17.1 Å². The molecule has 0 spiro atoms. The molecule has 0 bridgehead atoms. The van der Waals surface area contributed by atoms with E-state index in [0.717, 1.165) is 28.6 Å². The molecule has 0 atom stereocenters. The minimum Gasteiger partial charge on any atom is -0.457 e. The van der Waals surface area contributed by atoms with Crippen molar-refractivity contribution in [3.8, 4) is 11.5 Å². The van der Waals surface area contributed by atoms with Gasteiger partial charge in [-0.1, -0.05) is 18.2 Å². The Bertz CT molecular complexity index is 692. The zero-order valence-electron chi connectivity index (χ0n) is 11.5. The first kappa shape index (κ1) is 13.1. The molecule has 21 heavy (non-hydrogen) atoms. The highest BCUT2D eigenvalue weighted by Gasteiger charge is 1.98. The summed E-state index contributed by atoms with van der Waals surface area (Å²) in [5.74, 6) is 1.56. The summed E-state index contributed by atoms with van der Waals surface area (Å²) in [6.45, 7) is 0. The van der Waals surface area contributed by atoms with Crippen LogP contribution in [-0.4, -0.2) is 0 Å². The maximum Gasteiger partial charge on any atom is 0.127 e. The highest BCUT2D eigenvalue weighted by atomic mass is 16.5. The molecule has 0 saturated carbocycles. The van der Waals surface area contributed by atoms with Gasteiger partial charge in [0.05, 0.1) is 0 Å². The van der Waals surface area contributed by atoms with Gasteiger partial charge in [-0.15, -0.1) is 0 Å². The smallest absolute Gasteiger partial charge is 0.127 e. The molecule has 0 unspecified atom stereocenters. The lowest BCUT2D eigenvalue weighted by Crippen LogP contribution is -1.90. The Morgan fingerprint density at radius 2 is 1.14 bits per heavy atom. The van der Waals surface area contributed by atoms with E-state index >= 15 is 0 Å². The highest BCUT2D eigenvalue weighted by Crippen LogP contribution is 2.25. The number of hydrogen-bond acceptors (Lipinski definition) is 3. The first-order chi connectivity index (χ1) is 10.3. The Morgan fingerprint density at radius 3 is 1.76 bits per heavy atom. The summed E-state index contributed by atoms with van der Waals surface area (Å²) in [6, 6.07) is 25.2. The van der Waals surface area contributed by atoms with Gasteiger partial charge in [-0.05, 0) is 60.7 Å². The minimum absolute atomic E-state index is 0.727. The van der Waals surface area contributed by atoms with Crippen LogP contribution in [0.2, 0.25) is 0 Å². The van der Waals surface area contributed by atoms with E-state index in [9.17, 15) is 0 Å². The van der Waals surface area contributed by atoms with Crippen molar-refractivity contribution in [1.29, 1.82) is 0 Å². The zero-order valence-corrected chi connectivity index (χ0v) is 11.5. The molecule has 3 rings (SSSR count). The molecule has 0 aromatic heterocycles. The number of para-hydroxylation sites is 1. The van der Waals surface area contributed by atoms with Crippen LogP contribution < -0.4 is 15.8 Å². The fourth-order valence-electron chi connectivity index (χ4n) is 1.97. The molecule has 3 N–H and O–H groups in total. The van der Waals surface area contributed by atoms with Crippen LogP contribution in [0.1, 0.15) is 0 Å². The second-order valence-electron chi connectivity index (χ2n) is 4.69. The van der Waals surface area contributed by atoms with Crippen LogP contribution in [0, 0.1) is 0 Å². The van der Waals surface area contributed by atoms with Crippen LogP contribution in [0.5, 0.6) is 11.5 Å². The molecule has 104 valence electrons. The van der Waals surface area contributed by atoms with E-state index in [1.54, 1.807) is 0 Å². The van der Waals surface area contributed by atoms with Gasteiger partial charge in [0.25, 0.3) is 0 Å². The van der Waals surface area contributed by atoms with Crippen molar-refractivity contribution in [1.82, 2.24) is 0 Å². The fraction of sp³-hybridized carbons (Fsp3) is 0. The third kappa shape index (κ3) is 3.54. The summed E-state index contributed by atoms with van der Waals surface area (Å²) >= 11 is 0. The van der Waals surface area contributed by atoms with Crippen LogP contribution in [0.25, 0.3) is 0 Å². The van der Waals surface area contributed by atoms with Crippen LogP contribution >= 0.6 is 0 Å². The summed E-state index contributed by atoms with van der Waals surface area (Å²) in [7, 11) is 0. The van der Waals surface area contributed by atoms with E-state index in [-0.39, 0.29) is 0 Å². The zero-order chi connectivity index (χ0) is 14.5. The standard InChI is InChI=1S/C18H16N2O/c19-14-6-10-17(11-7-14)21-18-12-8-16(9-13-18)20-15-4-2-1-3-5-15/h1-13,20H,19H2. The van der Waals surface area contributed by atoms with Crippen molar-refractivity contribution in [2.75, 3.05) is 11.1 Å². The van der Waals surface area contributed by atoms with Crippen LogP contribution in [0.3, 0.4) is 0 Å². The highest BCUT2D eigenvalue weighted by molar-refractivity contribution is 5.60. The molecular weight excluding hydrogens is 260 g/mol. The quantitative estimate of drug-likeness (QED) is 0.672. The molecule has 0 aliphatic carbocycles. The van der Waals surface area contributed by atoms with Crippen molar-refractivity contribution in [3.63, 3.8) is 0 Å². The van der Waals surface area contributed by atoms with Crippen molar-refractivity contribution in [3.05, 3.63) is 78.9 Å². The number of nitrogens with one attached hydrogen (secondary N) is 1. The van der Waals surface area contributed by atoms with E-state index in [0.29, 0.717) is 0 Å². The SMILES string of the molecule is Nc1ccc(Oc2ccc(Nc3ccccc3)cc2)cc1. The second-order valence-corrected chi connectivity index (χ2v) is 4.69. The van der Waals surface area contributed by atoms with Crippen molar-refractivity contribution < 1.29 is 4.74 Å². The van der Waals surface area contributed by atoms with Gasteiger partial charge in [0.15, 0.2) is 0 Å². The van der Waals surface area contributed by atoms with Gasteiger partial charge < -0.3 is 15.8 Å². The van der Waals surface area contributed by atoms with Gasteiger partial charge in [-0.25, -0.2) is 0 Å². The van der Waals surface area contributed by atoms with Gasteiger partial charge in [0.1, 0.15) is 11.5 Å². The predicted octanol–water partition coefficient (Wildman–Crippen LogP) is 4.80. The summed E-state index contributed by atoms with van der Waals surface area (Å²) in [6.07, 6.45) is 0. The molecule has 0 heterocycles. The molecule has 3 heteroatoms. The average Bonchev–Trinajstić information content (AvgIpc) is 2.53. The van der Waals surface area contributed by atoms with E-state index in [1.165, 1.54) is 0 Å². The molecule has 0 radical (unpaired) electrons. The molecule has 0 amide bonds. The Labute approximate surface area is 124 Å². The van der Waals surface area contributed by atoms with E-state index in [1.807, 2.05) is 78.9 Å². The lowest BCUT2D eigenvalue weighted by molar-refractivity contribution is 0.483. The number of hydrogen-bond donors (Lipinski definition) is 2. The van der Waals surface area contributed by atoms with Gasteiger partial charge in [-0.3, -0.25) is 0 Å². The molecule has 0 saturated heterocycles. The van der Waals surface area contributed by atoms with Crippen LogP contribution in [-0.2, 0) is 0 Å². The summed E-state index contributed by atoms with van der Waals surface area (Å²) in [4.78, 5) is 0. The largest absolute Gasteiger partial charge is 0.457 e. The Hall–Kier alpha value is -2.94. The van der Waals surface area contributed by atoms with Crippen molar-refractivity contribution in [2.45, 2.75) is 0 Å². The van der Waals surface area contributed by atoms with Gasteiger partial charge >= 0.3 is 0 Å². The first-order valence-electron chi connectivity index (χ1n) is 6.75. The molecule has 3 nitrogen and oxygen atoms in total. The van der Waals surface area contributed by atoms with Crippen LogP contribution in [0.15, 0.2) is 78.9 Å². The second kappa shape index (κ2) is 6.01. The number of anilines is 3. The summed E-state index contributed by atoms with van der Waals surface area (Å²) in [5, 5.41) is 3.33. The van der Waals surface area contributed by atoms with Crippen molar-refractivity contribution in [2.24, 2.45) is 0 Å². The molecule has 0 fully saturated rings. The minimum atomic E-state index is 0.727. The number of nitrogens with two attached hydrogens (primary N) is 1. The summed E-state index contributed by atoms with van der Waals surface area (Å²) < 4.78 is 5.76. The van der Waals surface area contributed by atoms with Gasteiger partial charge in [0.2, 0.25) is 0 Å². The monoisotopic (exact) mass is 276 g/mol. The lowest BCUT2D eigenvalue weighted by Gasteiger charge is -2.09. The van der Waals surface area contributed by atoms with Gasteiger partial charge in [-0.2, -0.15) is 0 Å². The average molecular weight is 276 g/mol. The molecule has 0 aliphatic rings. The fourth-order valence-corrected chi connectivity index (χ4v) is 1.97. The predicted molar refractivity (Wildman–Crippen MR) is 87.1 cm³/mol.